The molecule has 0 aliphatic carbocycles. The molecule has 3 aromatic heterocycles. The monoisotopic (exact) mass is 689 g/mol. The van der Waals surface area contributed by atoms with Crippen molar-refractivity contribution in [2.75, 3.05) is 77.1 Å². The zero-order valence-electron chi connectivity index (χ0n) is 27.5. The highest BCUT2D eigenvalue weighted by atomic mass is 35.5. The normalized spacial score (nSPS) is 13.7. The fourth-order valence-electron chi connectivity index (χ4n) is 5.75. The number of fused-ring (bicyclic) bond motifs is 3. The number of pyridine rings is 1. The number of hydrogen-bond donors (Lipinski definition) is 2. The summed E-state index contributed by atoms with van der Waals surface area (Å²) in [4.78, 5) is 33.6. The SMILES string of the molecule is C=CC(=O)Nc1cc(N2CCN(C)CC2)ccc1Nc1ncc2cc(-c3c(Cl)c(OC)cc(OC)c3Cl)c3nc(CN(C)C)cn3c2n1. The highest BCUT2D eigenvalue weighted by Gasteiger charge is 2.24. The first-order valence-corrected chi connectivity index (χ1v) is 16.1. The topological polar surface area (TPSA) is 112 Å². The van der Waals surface area contributed by atoms with Crippen molar-refractivity contribution in [3.63, 3.8) is 0 Å². The lowest BCUT2D eigenvalue weighted by Crippen LogP contribution is -2.44. The summed E-state index contributed by atoms with van der Waals surface area (Å²) in [5.74, 6) is 0.848. The molecule has 1 fully saturated rings. The van der Waals surface area contributed by atoms with Gasteiger partial charge < -0.3 is 34.8 Å². The minimum absolute atomic E-state index is 0.319. The van der Waals surface area contributed by atoms with Crippen LogP contribution in [-0.2, 0) is 11.3 Å². The minimum Gasteiger partial charge on any atom is -0.495 e. The van der Waals surface area contributed by atoms with E-state index in [1.807, 2.05) is 53.9 Å². The van der Waals surface area contributed by atoms with Crippen LogP contribution in [0.25, 0.3) is 27.8 Å². The van der Waals surface area contributed by atoms with Crippen molar-refractivity contribution in [3.8, 4) is 22.6 Å². The van der Waals surface area contributed by atoms with Gasteiger partial charge in [0.05, 0.1) is 41.3 Å². The number of carbonyl (C=O) groups is 1. The minimum atomic E-state index is -0.319. The van der Waals surface area contributed by atoms with Gasteiger partial charge in [0.2, 0.25) is 11.9 Å². The van der Waals surface area contributed by atoms with Crippen molar-refractivity contribution in [1.82, 2.24) is 29.2 Å². The Kier molecular flexibility index (Phi) is 9.61. The van der Waals surface area contributed by atoms with Gasteiger partial charge in [-0.05, 0) is 51.5 Å². The molecule has 0 spiro atoms. The Balaban J connectivity index is 1.46. The van der Waals surface area contributed by atoms with E-state index in [9.17, 15) is 4.79 Å². The van der Waals surface area contributed by atoms with Gasteiger partial charge in [0, 0.05) is 73.4 Å². The van der Waals surface area contributed by atoms with Crippen LogP contribution in [0.3, 0.4) is 0 Å². The number of hydrogen-bond acceptors (Lipinski definition) is 10. The van der Waals surface area contributed by atoms with Crippen LogP contribution >= 0.6 is 23.2 Å². The molecule has 5 aromatic rings. The highest BCUT2D eigenvalue weighted by Crippen LogP contribution is 2.47. The van der Waals surface area contributed by atoms with Crippen LogP contribution in [-0.4, -0.2) is 96.6 Å². The predicted octanol–water partition coefficient (Wildman–Crippen LogP) is 5.95. The molecule has 1 aliphatic heterocycles. The Morgan fingerprint density at radius 3 is 2.35 bits per heavy atom. The first-order chi connectivity index (χ1) is 23.1. The van der Waals surface area contributed by atoms with Gasteiger partial charge in [0.1, 0.15) is 17.1 Å². The van der Waals surface area contributed by atoms with E-state index >= 15 is 0 Å². The van der Waals surface area contributed by atoms with Crippen LogP contribution < -0.4 is 25.0 Å². The summed E-state index contributed by atoms with van der Waals surface area (Å²) in [6.45, 7) is 7.92. The zero-order valence-corrected chi connectivity index (χ0v) is 29.0. The maximum atomic E-state index is 12.4. The van der Waals surface area contributed by atoms with Crippen LogP contribution in [0.4, 0.5) is 23.0 Å². The standard InChI is InChI=1S/C34H37Cl2N9O3/c1-7-28(46)39-25-15-22(44-12-10-43(4)11-13-44)8-9-24(25)40-34-37-17-20-14-23(29-30(35)26(47-5)16-27(48-6)31(29)36)33-38-21(18-42(2)3)19-45(33)32(20)41-34/h7-9,14-17,19H,1,10-13,18H2,2-6H3,(H,39,46)(H,37,40,41). The average molecular weight is 691 g/mol. The Bertz CT molecular complexity index is 2000. The fourth-order valence-corrected chi connectivity index (χ4v) is 6.46. The third-order valence-electron chi connectivity index (χ3n) is 8.20. The quantitative estimate of drug-likeness (QED) is 0.171. The lowest BCUT2D eigenvalue weighted by molar-refractivity contribution is -0.111. The number of ether oxygens (including phenoxy) is 2. The number of nitrogens with zero attached hydrogens (tertiary/aromatic N) is 7. The van der Waals surface area contributed by atoms with E-state index in [2.05, 4.69) is 39.0 Å². The molecular weight excluding hydrogens is 653 g/mol. The number of piperazine rings is 1. The molecule has 0 unspecified atom stereocenters. The molecule has 0 radical (unpaired) electrons. The molecule has 0 saturated carbocycles. The van der Waals surface area contributed by atoms with E-state index in [-0.39, 0.29) is 5.91 Å². The smallest absolute Gasteiger partial charge is 0.247 e. The number of halogens is 2. The lowest BCUT2D eigenvalue weighted by Gasteiger charge is -2.34. The second-order valence-electron chi connectivity index (χ2n) is 11.8. The largest absolute Gasteiger partial charge is 0.495 e. The highest BCUT2D eigenvalue weighted by molar-refractivity contribution is 6.41. The number of imidazole rings is 1. The lowest BCUT2D eigenvalue weighted by atomic mass is 10.0. The molecule has 0 atom stereocenters. The number of methoxy groups -OCH3 is 2. The van der Waals surface area contributed by atoms with E-state index in [1.54, 1.807) is 12.3 Å². The van der Waals surface area contributed by atoms with Gasteiger partial charge in [0.25, 0.3) is 0 Å². The molecule has 12 nitrogen and oxygen atoms in total. The first kappa shape index (κ1) is 33.3. The molecule has 14 heteroatoms. The number of carbonyl (C=O) groups excluding carboxylic acids is 1. The fraction of sp³-hybridized carbons (Fsp3) is 0.294. The summed E-state index contributed by atoms with van der Waals surface area (Å²) in [6, 6.07) is 9.47. The van der Waals surface area contributed by atoms with E-state index in [1.165, 1.54) is 20.3 Å². The number of nitrogens with one attached hydrogen (secondary N) is 2. The van der Waals surface area contributed by atoms with E-state index in [0.717, 1.165) is 42.9 Å². The number of anilines is 4. The van der Waals surface area contributed by atoms with Gasteiger partial charge in [-0.2, -0.15) is 4.98 Å². The molecule has 48 heavy (non-hydrogen) atoms. The second kappa shape index (κ2) is 13.9. The van der Waals surface area contributed by atoms with Crippen LogP contribution in [0.5, 0.6) is 11.5 Å². The Labute approximate surface area is 288 Å². The van der Waals surface area contributed by atoms with Gasteiger partial charge in [-0.25, -0.2) is 9.97 Å². The van der Waals surface area contributed by atoms with Gasteiger partial charge in [-0.1, -0.05) is 29.8 Å². The van der Waals surface area contributed by atoms with Crippen molar-refractivity contribution in [2.45, 2.75) is 6.54 Å². The summed E-state index contributed by atoms with van der Waals surface area (Å²) >= 11 is 13.7. The average Bonchev–Trinajstić information content (AvgIpc) is 3.49. The Hall–Kier alpha value is -4.62. The molecular formula is C34H37Cl2N9O3. The number of benzene rings is 2. The third-order valence-corrected chi connectivity index (χ3v) is 8.95. The van der Waals surface area contributed by atoms with E-state index in [0.29, 0.717) is 67.8 Å². The zero-order chi connectivity index (χ0) is 34.1. The van der Waals surface area contributed by atoms with Gasteiger partial charge in [-0.15, -0.1) is 0 Å². The van der Waals surface area contributed by atoms with Crippen molar-refractivity contribution >= 4 is 68.8 Å². The number of likely N-dealkylation sites (N-methyl/N-ethyl adjacent to an activating group) is 1. The predicted molar refractivity (Wildman–Crippen MR) is 193 cm³/mol. The summed E-state index contributed by atoms with van der Waals surface area (Å²) in [5.41, 5.74) is 5.45. The Morgan fingerprint density at radius 2 is 1.71 bits per heavy atom. The van der Waals surface area contributed by atoms with Crippen LogP contribution in [0.2, 0.25) is 10.0 Å². The summed E-state index contributed by atoms with van der Waals surface area (Å²) in [7, 11) is 9.15. The summed E-state index contributed by atoms with van der Waals surface area (Å²) < 4.78 is 13.0. The van der Waals surface area contributed by atoms with Gasteiger partial charge in [0.15, 0.2) is 5.65 Å². The van der Waals surface area contributed by atoms with E-state index < -0.39 is 0 Å². The molecule has 6 rings (SSSR count). The number of rotatable bonds is 10. The van der Waals surface area contributed by atoms with Crippen LogP contribution in [0.1, 0.15) is 5.69 Å². The molecule has 0 bridgehead atoms. The molecule has 2 N–H and O–H groups in total. The van der Waals surface area contributed by atoms with Crippen LogP contribution in [0.15, 0.2) is 55.4 Å². The maximum Gasteiger partial charge on any atom is 0.247 e. The van der Waals surface area contributed by atoms with Gasteiger partial charge >= 0.3 is 0 Å². The first-order valence-electron chi connectivity index (χ1n) is 15.3. The van der Waals surface area contributed by atoms with Crippen molar-refractivity contribution < 1.29 is 14.3 Å². The molecule has 250 valence electrons. The molecule has 4 heterocycles. The summed E-state index contributed by atoms with van der Waals surface area (Å²) in [5, 5.41) is 7.63. The molecule has 2 aromatic carbocycles. The van der Waals surface area contributed by atoms with Crippen LogP contribution in [0, 0.1) is 0 Å². The number of amides is 1. The van der Waals surface area contributed by atoms with Gasteiger partial charge in [-0.3, -0.25) is 9.20 Å². The third kappa shape index (κ3) is 6.56. The molecule has 1 saturated heterocycles. The van der Waals surface area contributed by atoms with Crippen molar-refractivity contribution in [3.05, 3.63) is 71.1 Å². The molecule has 1 aliphatic rings. The van der Waals surface area contributed by atoms with Crippen molar-refractivity contribution in [1.29, 1.82) is 0 Å². The van der Waals surface area contributed by atoms with Crippen molar-refractivity contribution in [2.24, 2.45) is 0 Å². The Morgan fingerprint density at radius 1 is 1.00 bits per heavy atom. The maximum absolute atomic E-state index is 12.4. The summed E-state index contributed by atoms with van der Waals surface area (Å²) in [6.07, 6.45) is 4.91. The second-order valence-corrected chi connectivity index (χ2v) is 12.6. The number of aromatic nitrogens is 4. The van der Waals surface area contributed by atoms with E-state index in [4.69, 9.17) is 42.6 Å². The molecule has 1 amide bonds.